The molecule has 1 unspecified atom stereocenters. The van der Waals surface area contributed by atoms with E-state index in [1.54, 1.807) is 6.07 Å². The van der Waals surface area contributed by atoms with Crippen LogP contribution in [0.4, 0.5) is 18.9 Å². The van der Waals surface area contributed by atoms with Crippen molar-refractivity contribution in [2.24, 2.45) is 0 Å². The second-order valence-corrected chi connectivity index (χ2v) is 6.27. The average molecular weight is 413 g/mol. The summed E-state index contributed by atoms with van der Waals surface area (Å²) in [5.74, 6) is -0.524. The summed E-state index contributed by atoms with van der Waals surface area (Å²) in [6.45, 7) is 1.41. The minimum atomic E-state index is -4.56. The van der Waals surface area contributed by atoms with Crippen molar-refractivity contribution >= 4 is 46.4 Å². The highest BCUT2D eigenvalue weighted by Gasteiger charge is 2.31. The molecule has 0 fully saturated rings. The van der Waals surface area contributed by atoms with Crippen molar-refractivity contribution < 1.29 is 22.7 Å². The predicted molar refractivity (Wildman–Crippen MR) is 91.6 cm³/mol. The zero-order valence-corrected chi connectivity index (χ0v) is 14.9. The van der Waals surface area contributed by atoms with Gasteiger partial charge in [-0.1, -0.05) is 34.8 Å². The van der Waals surface area contributed by atoms with Gasteiger partial charge in [-0.2, -0.15) is 13.2 Å². The third-order valence-electron chi connectivity index (χ3n) is 3.12. The number of nitrogens with one attached hydrogen (secondary N) is 1. The zero-order valence-electron chi connectivity index (χ0n) is 12.6. The fourth-order valence-corrected chi connectivity index (χ4v) is 2.33. The Bertz CT molecular complexity index is 797. The highest BCUT2D eigenvalue weighted by molar-refractivity contribution is 6.34. The first-order valence-electron chi connectivity index (χ1n) is 6.87. The Labute approximate surface area is 156 Å². The van der Waals surface area contributed by atoms with E-state index in [0.717, 1.165) is 18.2 Å². The van der Waals surface area contributed by atoms with Crippen molar-refractivity contribution in [2.75, 3.05) is 5.32 Å². The van der Waals surface area contributed by atoms with Gasteiger partial charge in [0.05, 0.1) is 21.3 Å². The van der Waals surface area contributed by atoms with Gasteiger partial charge in [-0.25, -0.2) is 0 Å². The molecule has 3 nitrogen and oxygen atoms in total. The summed E-state index contributed by atoms with van der Waals surface area (Å²) in [6, 6.07) is 7.09. The maximum atomic E-state index is 12.8. The molecule has 0 saturated carbocycles. The number of amides is 1. The lowest BCUT2D eigenvalue weighted by Gasteiger charge is -2.17. The molecule has 9 heteroatoms. The molecule has 1 atom stereocenters. The van der Waals surface area contributed by atoms with Gasteiger partial charge in [0.15, 0.2) is 6.10 Å². The lowest BCUT2D eigenvalue weighted by Crippen LogP contribution is -2.30. The molecule has 0 bridgehead atoms. The first-order valence-corrected chi connectivity index (χ1v) is 8.00. The molecule has 0 aliphatic rings. The van der Waals surface area contributed by atoms with E-state index in [4.69, 9.17) is 39.5 Å². The van der Waals surface area contributed by atoms with E-state index in [-0.39, 0.29) is 21.5 Å². The molecular formula is C16H11Cl3F3NO2. The minimum absolute atomic E-state index is 0.0330. The Hall–Kier alpha value is -1.63. The van der Waals surface area contributed by atoms with Crippen molar-refractivity contribution in [1.82, 2.24) is 0 Å². The Balaban J connectivity index is 2.15. The van der Waals surface area contributed by atoms with Gasteiger partial charge < -0.3 is 10.1 Å². The Morgan fingerprint density at radius 1 is 1.08 bits per heavy atom. The number of hydrogen-bond acceptors (Lipinski definition) is 2. The molecule has 2 aromatic rings. The SMILES string of the molecule is CC(Oc1cc(Cl)ccc1Cl)C(=O)Nc1cc(C(F)(F)F)ccc1Cl. The summed E-state index contributed by atoms with van der Waals surface area (Å²) in [6.07, 6.45) is -5.61. The van der Waals surface area contributed by atoms with Crippen LogP contribution in [0.5, 0.6) is 5.75 Å². The normalized spacial score (nSPS) is 12.6. The van der Waals surface area contributed by atoms with E-state index in [0.29, 0.717) is 5.02 Å². The molecule has 0 aliphatic heterocycles. The minimum Gasteiger partial charge on any atom is -0.479 e. The summed E-state index contributed by atoms with van der Waals surface area (Å²) >= 11 is 17.6. The van der Waals surface area contributed by atoms with Crippen LogP contribution in [0.1, 0.15) is 12.5 Å². The molecule has 1 N–H and O–H groups in total. The lowest BCUT2D eigenvalue weighted by molar-refractivity contribution is -0.137. The summed E-state index contributed by atoms with van der Waals surface area (Å²) < 4.78 is 43.7. The molecule has 0 aromatic heterocycles. The number of anilines is 1. The number of ether oxygens (including phenoxy) is 1. The number of rotatable bonds is 4. The summed E-state index contributed by atoms with van der Waals surface area (Å²) in [5.41, 5.74) is -1.10. The lowest BCUT2D eigenvalue weighted by atomic mass is 10.2. The van der Waals surface area contributed by atoms with Crippen LogP contribution >= 0.6 is 34.8 Å². The maximum absolute atomic E-state index is 12.8. The third-order valence-corrected chi connectivity index (χ3v) is 3.99. The Morgan fingerprint density at radius 2 is 1.72 bits per heavy atom. The van der Waals surface area contributed by atoms with E-state index in [1.165, 1.54) is 19.1 Å². The Kier molecular flexibility index (Phi) is 6.08. The highest BCUT2D eigenvalue weighted by Crippen LogP contribution is 2.34. The molecule has 134 valence electrons. The van der Waals surface area contributed by atoms with Crippen molar-refractivity contribution in [1.29, 1.82) is 0 Å². The molecule has 1 amide bonds. The number of benzene rings is 2. The monoisotopic (exact) mass is 411 g/mol. The van der Waals surface area contributed by atoms with Gasteiger partial charge in [0.1, 0.15) is 5.75 Å². The fraction of sp³-hybridized carbons (Fsp3) is 0.188. The van der Waals surface area contributed by atoms with Gasteiger partial charge in [0.2, 0.25) is 0 Å². The molecule has 2 aromatic carbocycles. The molecule has 0 saturated heterocycles. The molecule has 0 aliphatic carbocycles. The van der Waals surface area contributed by atoms with Crippen LogP contribution in [0, 0.1) is 0 Å². The first kappa shape index (κ1) is 19.7. The topological polar surface area (TPSA) is 38.3 Å². The van der Waals surface area contributed by atoms with Crippen molar-refractivity contribution in [2.45, 2.75) is 19.2 Å². The van der Waals surface area contributed by atoms with E-state index in [1.807, 2.05) is 0 Å². The van der Waals surface area contributed by atoms with Gasteiger partial charge in [0, 0.05) is 11.1 Å². The summed E-state index contributed by atoms with van der Waals surface area (Å²) in [5, 5.41) is 2.86. The van der Waals surface area contributed by atoms with Crippen LogP contribution in [-0.2, 0) is 11.0 Å². The van der Waals surface area contributed by atoms with E-state index in [9.17, 15) is 18.0 Å². The number of hydrogen-bond donors (Lipinski definition) is 1. The van der Waals surface area contributed by atoms with Gasteiger partial charge in [-0.3, -0.25) is 4.79 Å². The molecular weight excluding hydrogens is 402 g/mol. The van der Waals surface area contributed by atoms with Crippen LogP contribution in [-0.4, -0.2) is 12.0 Å². The molecule has 0 spiro atoms. The molecule has 2 rings (SSSR count). The molecule has 0 radical (unpaired) electrons. The van der Waals surface area contributed by atoms with E-state index < -0.39 is 23.8 Å². The highest BCUT2D eigenvalue weighted by atomic mass is 35.5. The molecule has 0 heterocycles. The predicted octanol–water partition coefficient (Wildman–Crippen LogP) is 6.07. The van der Waals surface area contributed by atoms with Gasteiger partial charge in [-0.15, -0.1) is 0 Å². The van der Waals surface area contributed by atoms with Crippen LogP contribution in [0.15, 0.2) is 36.4 Å². The standard InChI is InChI=1S/C16H11Cl3F3NO2/c1-8(25-14-7-10(17)3-5-12(14)19)15(24)23-13-6-9(16(20,21)22)2-4-11(13)18/h2-8H,1H3,(H,23,24). The molecule has 25 heavy (non-hydrogen) atoms. The smallest absolute Gasteiger partial charge is 0.416 e. The van der Waals surface area contributed by atoms with Crippen LogP contribution < -0.4 is 10.1 Å². The summed E-state index contributed by atoms with van der Waals surface area (Å²) in [4.78, 5) is 12.2. The van der Waals surface area contributed by atoms with Crippen molar-refractivity contribution in [3.63, 3.8) is 0 Å². The number of alkyl halides is 3. The second-order valence-electron chi connectivity index (χ2n) is 5.02. The van der Waals surface area contributed by atoms with Gasteiger partial charge >= 0.3 is 6.18 Å². The third kappa shape index (κ3) is 5.17. The maximum Gasteiger partial charge on any atom is 0.416 e. The number of halogens is 6. The van der Waals surface area contributed by atoms with Crippen LogP contribution in [0.2, 0.25) is 15.1 Å². The number of carbonyl (C=O) groups is 1. The van der Waals surface area contributed by atoms with E-state index in [2.05, 4.69) is 5.32 Å². The first-order chi connectivity index (χ1) is 11.6. The fourth-order valence-electron chi connectivity index (χ4n) is 1.84. The zero-order chi connectivity index (χ0) is 18.8. The number of carbonyl (C=O) groups excluding carboxylic acids is 1. The van der Waals surface area contributed by atoms with Crippen LogP contribution in [0.25, 0.3) is 0 Å². The average Bonchev–Trinajstić information content (AvgIpc) is 2.51. The largest absolute Gasteiger partial charge is 0.479 e. The van der Waals surface area contributed by atoms with E-state index >= 15 is 0 Å². The second kappa shape index (κ2) is 7.72. The van der Waals surface area contributed by atoms with Gasteiger partial charge in [-0.05, 0) is 37.3 Å². The summed E-state index contributed by atoms with van der Waals surface area (Å²) in [7, 11) is 0. The van der Waals surface area contributed by atoms with Crippen LogP contribution in [0.3, 0.4) is 0 Å². The van der Waals surface area contributed by atoms with Crippen molar-refractivity contribution in [3.8, 4) is 5.75 Å². The Morgan fingerprint density at radius 3 is 2.36 bits per heavy atom. The van der Waals surface area contributed by atoms with Crippen molar-refractivity contribution in [3.05, 3.63) is 57.0 Å². The quantitative estimate of drug-likeness (QED) is 0.662. The van der Waals surface area contributed by atoms with Gasteiger partial charge in [0.25, 0.3) is 5.91 Å².